The molecule has 1 unspecified atom stereocenters. The minimum Gasteiger partial charge on any atom is -0.497 e. The number of aromatic nitrogens is 1. The normalized spacial score (nSPS) is 14.8. The second-order valence-electron chi connectivity index (χ2n) is 6.93. The van der Waals surface area contributed by atoms with Crippen LogP contribution in [0.15, 0.2) is 47.0 Å². The van der Waals surface area contributed by atoms with Crippen LogP contribution in [-0.4, -0.2) is 31.4 Å². The minimum absolute atomic E-state index is 0.0871. The molecule has 1 aliphatic heterocycles. The number of fused-ring (bicyclic) bond motifs is 1. The summed E-state index contributed by atoms with van der Waals surface area (Å²) in [4.78, 5) is 12.4. The number of nitrogens with one attached hydrogen (secondary N) is 1. The van der Waals surface area contributed by atoms with Crippen LogP contribution < -0.4 is 19.5 Å². The Bertz CT molecular complexity index is 1040. The zero-order chi connectivity index (χ0) is 20.4. The lowest BCUT2D eigenvalue weighted by Crippen LogP contribution is -2.15. The highest BCUT2D eigenvalue weighted by Gasteiger charge is 2.20. The van der Waals surface area contributed by atoms with E-state index in [0.717, 1.165) is 23.3 Å². The van der Waals surface area contributed by atoms with Crippen LogP contribution in [-0.2, 0) is 17.6 Å². The smallest absolute Gasteiger partial charge is 0.230 e. The van der Waals surface area contributed by atoms with Crippen molar-refractivity contribution >= 4 is 11.6 Å². The van der Waals surface area contributed by atoms with Crippen molar-refractivity contribution in [3.05, 3.63) is 53.7 Å². The number of anilines is 1. The van der Waals surface area contributed by atoms with Crippen molar-refractivity contribution in [3.63, 3.8) is 0 Å². The fraction of sp³-hybridized carbons (Fsp3) is 0.273. The molecule has 1 aliphatic rings. The number of carbonyl (C=O) groups excluding carboxylic acids is 1. The zero-order valence-corrected chi connectivity index (χ0v) is 16.5. The SMILES string of the molecule is COc1ccc(NC(=O)Cc2cc(-c3ccc4c(c3)CC(C)O4)on2)c(OC)c1. The van der Waals surface area contributed by atoms with Gasteiger partial charge in [0, 0.05) is 24.1 Å². The maximum Gasteiger partial charge on any atom is 0.230 e. The number of hydrogen-bond acceptors (Lipinski definition) is 6. The van der Waals surface area contributed by atoms with Gasteiger partial charge in [0.15, 0.2) is 5.76 Å². The Labute approximate surface area is 168 Å². The number of ether oxygens (including phenoxy) is 3. The molecular weight excluding hydrogens is 372 g/mol. The van der Waals surface area contributed by atoms with E-state index in [1.165, 1.54) is 7.11 Å². The third-order valence-corrected chi connectivity index (χ3v) is 4.76. The van der Waals surface area contributed by atoms with Crippen LogP contribution in [0.3, 0.4) is 0 Å². The van der Waals surface area contributed by atoms with Crippen molar-refractivity contribution in [1.82, 2.24) is 5.16 Å². The third kappa shape index (κ3) is 4.03. The summed E-state index contributed by atoms with van der Waals surface area (Å²) in [7, 11) is 3.11. The molecule has 0 fully saturated rings. The first kappa shape index (κ1) is 18.9. The highest BCUT2D eigenvalue weighted by molar-refractivity contribution is 5.93. The van der Waals surface area contributed by atoms with E-state index >= 15 is 0 Å². The molecule has 3 aromatic rings. The Morgan fingerprint density at radius 1 is 1.17 bits per heavy atom. The number of hydrogen-bond donors (Lipinski definition) is 1. The number of rotatable bonds is 6. The lowest BCUT2D eigenvalue weighted by atomic mass is 10.1. The molecule has 7 heteroatoms. The lowest BCUT2D eigenvalue weighted by Gasteiger charge is -2.11. The number of amides is 1. The predicted molar refractivity (Wildman–Crippen MR) is 108 cm³/mol. The Hall–Kier alpha value is -3.48. The molecular formula is C22H22N2O5. The number of methoxy groups -OCH3 is 2. The average Bonchev–Trinajstić information content (AvgIpc) is 3.32. The molecule has 150 valence electrons. The molecule has 2 heterocycles. The maximum absolute atomic E-state index is 12.4. The Balaban J connectivity index is 1.44. The van der Waals surface area contributed by atoms with E-state index in [2.05, 4.69) is 10.5 Å². The quantitative estimate of drug-likeness (QED) is 0.684. The van der Waals surface area contributed by atoms with Crippen molar-refractivity contribution in [1.29, 1.82) is 0 Å². The van der Waals surface area contributed by atoms with Crippen LogP contribution in [0.2, 0.25) is 0 Å². The molecule has 1 aromatic heterocycles. The van der Waals surface area contributed by atoms with Crippen LogP contribution >= 0.6 is 0 Å². The topological polar surface area (TPSA) is 82.8 Å². The lowest BCUT2D eigenvalue weighted by molar-refractivity contribution is -0.115. The molecule has 0 saturated carbocycles. The van der Waals surface area contributed by atoms with Gasteiger partial charge in [-0.2, -0.15) is 0 Å². The zero-order valence-electron chi connectivity index (χ0n) is 16.5. The number of nitrogens with zero attached hydrogens (tertiary/aromatic N) is 1. The Morgan fingerprint density at radius 2 is 2.03 bits per heavy atom. The van der Waals surface area contributed by atoms with Gasteiger partial charge >= 0.3 is 0 Å². The highest BCUT2D eigenvalue weighted by atomic mass is 16.5. The van der Waals surface area contributed by atoms with Gasteiger partial charge in [-0.15, -0.1) is 0 Å². The molecule has 29 heavy (non-hydrogen) atoms. The summed E-state index contributed by atoms with van der Waals surface area (Å²) >= 11 is 0. The van der Waals surface area contributed by atoms with Gasteiger partial charge < -0.3 is 24.1 Å². The van der Waals surface area contributed by atoms with Crippen LogP contribution in [0, 0.1) is 0 Å². The largest absolute Gasteiger partial charge is 0.497 e. The van der Waals surface area contributed by atoms with Crippen LogP contribution in [0.1, 0.15) is 18.2 Å². The summed E-state index contributed by atoms with van der Waals surface area (Å²) in [5, 5.41) is 6.87. The summed E-state index contributed by atoms with van der Waals surface area (Å²) in [5.74, 6) is 2.48. The molecule has 0 spiro atoms. The van der Waals surface area contributed by atoms with Crippen molar-refractivity contribution in [2.75, 3.05) is 19.5 Å². The first-order valence-electron chi connectivity index (χ1n) is 9.33. The first-order chi connectivity index (χ1) is 14.1. The summed E-state index contributed by atoms with van der Waals surface area (Å²) < 4.78 is 21.7. The van der Waals surface area contributed by atoms with Gasteiger partial charge in [-0.3, -0.25) is 4.79 Å². The Morgan fingerprint density at radius 3 is 2.83 bits per heavy atom. The fourth-order valence-electron chi connectivity index (χ4n) is 3.37. The van der Waals surface area contributed by atoms with Crippen LogP contribution in [0.4, 0.5) is 5.69 Å². The summed E-state index contributed by atoms with van der Waals surface area (Å²) in [6.07, 6.45) is 1.14. The van der Waals surface area contributed by atoms with Gasteiger partial charge in [0.25, 0.3) is 0 Å². The summed E-state index contributed by atoms with van der Waals surface area (Å²) in [6.45, 7) is 2.04. The van der Waals surface area contributed by atoms with E-state index in [4.69, 9.17) is 18.7 Å². The van der Waals surface area contributed by atoms with Gasteiger partial charge in [-0.05, 0) is 42.8 Å². The third-order valence-electron chi connectivity index (χ3n) is 4.76. The van der Waals surface area contributed by atoms with Crippen molar-refractivity contribution in [3.8, 4) is 28.6 Å². The highest BCUT2D eigenvalue weighted by Crippen LogP contribution is 2.33. The standard InChI is InChI=1S/C22H22N2O5/c1-13-8-15-9-14(4-7-19(15)28-13)20-10-16(24-29-20)11-22(25)23-18-6-5-17(26-2)12-21(18)27-3/h4-7,9-10,12-13H,8,11H2,1-3H3,(H,23,25). The first-order valence-corrected chi connectivity index (χ1v) is 9.33. The molecule has 1 atom stereocenters. The average molecular weight is 394 g/mol. The van der Waals surface area contributed by atoms with E-state index in [0.29, 0.717) is 28.6 Å². The molecule has 4 rings (SSSR count). The molecule has 2 aromatic carbocycles. The minimum atomic E-state index is -0.218. The molecule has 0 bridgehead atoms. The summed E-state index contributed by atoms with van der Waals surface area (Å²) in [6, 6.07) is 12.9. The van der Waals surface area contributed by atoms with Crippen molar-refractivity contribution in [2.24, 2.45) is 0 Å². The molecule has 0 saturated heterocycles. The van der Waals surface area contributed by atoms with Crippen LogP contribution in [0.5, 0.6) is 17.2 Å². The van der Waals surface area contributed by atoms with Gasteiger partial charge in [0.2, 0.25) is 5.91 Å². The van der Waals surface area contributed by atoms with Gasteiger partial charge in [0.05, 0.1) is 32.0 Å². The van der Waals surface area contributed by atoms with E-state index in [-0.39, 0.29) is 18.4 Å². The van der Waals surface area contributed by atoms with Gasteiger partial charge in [-0.1, -0.05) is 5.16 Å². The number of benzene rings is 2. The second kappa shape index (κ2) is 7.87. The molecule has 7 nitrogen and oxygen atoms in total. The number of carbonyl (C=O) groups is 1. The van der Waals surface area contributed by atoms with Gasteiger partial charge in [0.1, 0.15) is 23.4 Å². The maximum atomic E-state index is 12.4. The molecule has 0 aliphatic carbocycles. The fourth-order valence-corrected chi connectivity index (χ4v) is 3.37. The monoisotopic (exact) mass is 394 g/mol. The van der Waals surface area contributed by atoms with Crippen molar-refractivity contribution in [2.45, 2.75) is 25.9 Å². The van der Waals surface area contributed by atoms with Crippen molar-refractivity contribution < 1.29 is 23.5 Å². The van der Waals surface area contributed by atoms with Gasteiger partial charge in [-0.25, -0.2) is 0 Å². The summed E-state index contributed by atoms with van der Waals surface area (Å²) in [5.41, 5.74) is 3.18. The van der Waals surface area contributed by atoms with E-state index in [1.807, 2.05) is 25.1 Å². The Kier molecular flexibility index (Phi) is 5.12. The molecule has 1 N–H and O–H groups in total. The second-order valence-corrected chi connectivity index (χ2v) is 6.93. The molecule has 1 amide bonds. The van der Waals surface area contributed by atoms with E-state index < -0.39 is 0 Å². The van der Waals surface area contributed by atoms with Crippen LogP contribution in [0.25, 0.3) is 11.3 Å². The predicted octanol–water partition coefficient (Wildman–Crippen LogP) is 3.86. The molecule has 0 radical (unpaired) electrons. The van der Waals surface area contributed by atoms with E-state index in [1.54, 1.807) is 31.4 Å². The van der Waals surface area contributed by atoms with E-state index in [9.17, 15) is 4.79 Å².